The van der Waals surface area contributed by atoms with Crippen LogP contribution in [0.25, 0.3) is 22.7 Å². The van der Waals surface area contributed by atoms with Crippen LogP contribution in [0.2, 0.25) is 0 Å². The molecule has 0 saturated heterocycles. The molecule has 5 aromatic rings. The number of rotatable bonds is 4. The Bertz CT molecular complexity index is 1890. The Balaban J connectivity index is 0.00000158. The van der Waals surface area contributed by atoms with Gasteiger partial charge < -0.3 is 24.8 Å². The Morgan fingerprint density at radius 1 is 0.786 bits per heavy atom. The fourth-order valence-electron chi connectivity index (χ4n) is 6.35. The second kappa shape index (κ2) is 11.7. The van der Waals surface area contributed by atoms with E-state index in [1.807, 2.05) is 11.8 Å². The number of hydrogen-bond acceptors (Lipinski definition) is 2. The van der Waals surface area contributed by atoms with Gasteiger partial charge in [0.25, 0.3) is 0 Å². The van der Waals surface area contributed by atoms with Gasteiger partial charge in [-0.05, 0) is 0 Å². The van der Waals surface area contributed by atoms with E-state index >= 15 is 0 Å². The summed E-state index contributed by atoms with van der Waals surface area (Å²) >= 11 is 1.01. The van der Waals surface area contributed by atoms with Gasteiger partial charge in [0.1, 0.15) is 0 Å². The summed E-state index contributed by atoms with van der Waals surface area (Å²) in [5.41, 5.74) is 12.2. The molecule has 1 unspecified atom stereocenters. The fraction of sp³-hybridized carbons (Fsp3) is 0.111. The fourth-order valence-corrected chi connectivity index (χ4v) is 11.3. The minimum atomic E-state index is -0.864. The van der Waals surface area contributed by atoms with Gasteiger partial charge in [-0.25, -0.2) is 0 Å². The van der Waals surface area contributed by atoms with Crippen LogP contribution in [0.4, 0.5) is 17.1 Å². The van der Waals surface area contributed by atoms with Crippen LogP contribution in [0, 0.1) is 0 Å². The Labute approximate surface area is 275 Å². The molecule has 8 rings (SSSR count). The minimum Gasteiger partial charge on any atom is -1.00 e. The molecule has 0 fully saturated rings. The predicted octanol–water partition coefficient (Wildman–Crippen LogP) is 4.35. The summed E-state index contributed by atoms with van der Waals surface area (Å²) in [7, 11) is 0. The van der Waals surface area contributed by atoms with Crippen LogP contribution in [-0.2, 0) is 23.2 Å². The second-order valence-corrected chi connectivity index (χ2v) is 15.5. The van der Waals surface area contributed by atoms with Crippen LogP contribution in [0.3, 0.4) is 0 Å². The molecular formula is C36H28Cl2N2SZr. The number of benzene rings is 4. The van der Waals surface area contributed by atoms with E-state index in [0.29, 0.717) is 3.63 Å². The third-order valence-corrected chi connectivity index (χ3v) is 14.4. The van der Waals surface area contributed by atoms with Crippen LogP contribution in [0.15, 0.2) is 134 Å². The van der Waals surface area contributed by atoms with Gasteiger partial charge in [0.2, 0.25) is 0 Å². The predicted molar refractivity (Wildman–Crippen MR) is 165 cm³/mol. The van der Waals surface area contributed by atoms with Crippen molar-refractivity contribution < 1.29 is 48.0 Å². The molecule has 2 aliphatic carbocycles. The molecule has 1 aromatic heterocycles. The van der Waals surface area contributed by atoms with Crippen LogP contribution < -0.4 is 29.7 Å². The molecular weight excluding hydrogens is 655 g/mol. The smallest absolute Gasteiger partial charge is 1.00 e. The van der Waals surface area contributed by atoms with Crippen molar-refractivity contribution in [3.8, 4) is 5.69 Å². The van der Waals surface area contributed by atoms with Crippen molar-refractivity contribution in [3.05, 3.63) is 135 Å². The maximum absolute atomic E-state index is 2.52. The maximum atomic E-state index is 2.52. The first-order valence-electron chi connectivity index (χ1n) is 13.9. The topological polar surface area (TPSA) is 8.17 Å². The van der Waals surface area contributed by atoms with E-state index in [0.717, 1.165) is 6.42 Å². The van der Waals surface area contributed by atoms with E-state index in [9.17, 15) is 0 Å². The van der Waals surface area contributed by atoms with Gasteiger partial charge in [0.15, 0.2) is 0 Å². The third-order valence-electron chi connectivity index (χ3n) is 8.35. The molecule has 4 aromatic carbocycles. The summed E-state index contributed by atoms with van der Waals surface area (Å²) in [4.78, 5) is 5.13. The molecule has 1 atom stereocenters. The quantitative estimate of drug-likeness (QED) is 0.274. The third kappa shape index (κ3) is 4.78. The average molecular weight is 683 g/mol. The van der Waals surface area contributed by atoms with Crippen LogP contribution in [0.5, 0.6) is 0 Å². The summed E-state index contributed by atoms with van der Waals surface area (Å²) in [5.74, 6) is 0. The van der Waals surface area contributed by atoms with Crippen molar-refractivity contribution in [3.63, 3.8) is 0 Å². The molecule has 0 bridgehead atoms. The van der Waals surface area contributed by atoms with Gasteiger partial charge in [-0.15, -0.1) is 0 Å². The van der Waals surface area contributed by atoms with Gasteiger partial charge in [0.05, 0.1) is 0 Å². The first-order valence-corrected chi connectivity index (χ1v) is 17.3. The number of nitrogens with zero attached hydrogens (tertiary/aromatic N) is 2. The molecule has 206 valence electrons. The molecule has 0 radical (unpaired) electrons. The standard InChI is InChI=1S/C30H21N2S.C6H7.2ClH.Zr/c1-20-16-22-18-23(31-15-14-21-8-2-3-9-25(21)31)19-28(24(22)17-20)32-26-10-4-6-12-29(26)33-30-13-7-5-11-27(30)32;1-6-4-2-3-5-6;;;/h2-19H,1H3;2,4H,3H2,1H3;2*1H;/q;;;;+2/p-2. The first kappa shape index (κ1) is 29.3. The largest absolute Gasteiger partial charge is 1.00 e. The van der Waals surface area contributed by atoms with E-state index in [2.05, 4.69) is 139 Å². The minimum absolute atomic E-state index is 0. The number of fused-ring (bicyclic) bond motifs is 4. The number of hydrogen-bond donors (Lipinski definition) is 0. The van der Waals surface area contributed by atoms with Crippen LogP contribution >= 0.6 is 11.8 Å². The molecule has 2 heterocycles. The second-order valence-electron chi connectivity index (χ2n) is 10.8. The zero-order chi connectivity index (χ0) is 26.8. The molecule has 0 spiro atoms. The number of aromatic nitrogens is 1. The van der Waals surface area contributed by atoms with Crippen molar-refractivity contribution in [1.29, 1.82) is 0 Å². The summed E-state index contributed by atoms with van der Waals surface area (Å²) in [6.45, 7) is 4.67. The normalized spacial score (nSPS) is 16.3. The zero-order valence-electron chi connectivity index (χ0n) is 23.3. The number of anilines is 3. The molecule has 42 heavy (non-hydrogen) atoms. The molecule has 2 nitrogen and oxygen atoms in total. The van der Waals surface area contributed by atoms with E-state index in [4.69, 9.17) is 0 Å². The van der Waals surface area contributed by atoms with Gasteiger partial charge >= 0.3 is 253 Å². The number of allylic oxidation sites excluding steroid dienone is 5. The molecule has 0 amide bonds. The van der Waals surface area contributed by atoms with Gasteiger partial charge in [0, 0.05) is 0 Å². The van der Waals surface area contributed by atoms with Crippen molar-refractivity contribution in [1.82, 2.24) is 4.57 Å². The molecule has 1 aliphatic heterocycles. The van der Waals surface area contributed by atoms with Crippen LogP contribution in [-0.4, -0.2) is 4.57 Å². The van der Waals surface area contributed by atoms with E-state index in [1.165, 1.54) is 65.7 Å². The molecule has 0 N–H and O–H groups in total. The first-order chi connectivity index (χ1) is 19.7. The summed E-state index contributed by atoms with van der Waals surface area (Å²) in [6.07, 6.45) is 10.6. The molecule has 0 saturated carbocycles. The van der Waals surface area contributed by atoms with Crippen molar-refractivity contribution >= 4 is 45.8 Å². The average Bonchev–Trinajstić information content (AvgIpc) is 3.68. The zero-order valence-corrected chi connectivity index (χ0v) is 28.1. The van der Waals surface area contributed by atoms with Gasteiger partial charge in [-0.2, -0.15) is 0 Å². The Kier molecular flexibility index (Phi) is 8.20. The maximum Gasteiger partial charge on any atom is -1.00 e. The summed E-state index contributed by atoms with van der Waals surface area (Å²) in [5, 5.41) is 1.27. The summed E-state index contributed by atoms with van der Waals surface area (Å²) < 4.78 is 4.67. The van der Waals surface area contributed by atoms with E-state index < -0.39 is 23.2 Å². The molecule has 3 aliphatic rings. The van der Waals surface area contributed by atoms with E-state index in [-0.39, 0.29) is 24.8 Å². The SMILES string of the molecule is CC1=Cc2c(cc(-n3ccc4ccccc43)cc2N2c3ccccc3Sc3ccccc32)[CH]1[Zr+2][C]1=C(C)C=CC1.[Cl-].[Cl-]. The number of para-hydroxylation sites is 3. The Morgan fingerprint density at radius 3 is 2.19 bits per heavy atom. The monoisotopic (exact) mass is 680 g/mol. The Hall–Kier alpha value is -2.75. The van der Waals surface area contributed by atoms with Crippen molar-refractivity contribution in [2.45, 2.75) is 33.7 Å². The molecule has 6 heteroatoms. The van der Waals surface area contributed by atoms with Crippen molar-refractivity contribution in [2.75, 3.05) is 4.90 Å². The van der Waals surface area contributed by atoms with Crippen molar-refractivity contribution in [2.24, 2.45) is 0 Å². The summed E-state index contributed by atoms with van der Waals surface area (Å²) in [6, 6.07) is 33.6. The van der Waals surface area contributed by atoms with Crippen LogP contribution in [0.1, 0.15) is 35.0 Å². The van der Waals surface area contributed by atoms with E-state index in [1.54, 1.807) is 3.28 Å². The number of halogens is 2. The van der Waals surface area contributed by atoms with Gasteiger partial charge in [-0.3, -0.25) is 0 Å². The van der Waals surface area contributed by atoms with Gasteiger partial charge in [-0.1, -0.05) is 0 Å². The Morgan fingerprint density at radius 2 is 1.48 bits per heavy atom.